The predicted molar refractivity (Wildman–Crippen MR) is 63.0 cm³/mol. The van der Waals surface area contributed by atoms with E-state index < -0.39 is 0 Å². The second-order valence-corrected chi connectivity index (χ2v) is 6.02. The molecule has 0 spiro atoms. The molecule has 0 aromatic carbocycles. The molecule has 0 saturated heterocycles. The Morgan fingerprint density at radius 3 is 2.50 bits per heavy atom. The van der Waals surface area contributed by atoms with Crippen molar-refractivity contribution in [3.05, 3.63) is 0 Å². The number of hydrogen-bond donors (Lipinski definition) is 2. The number of aryl methyl sites for hydroxylation is 1. The molecule has 16 heavy (non-hydrogen) atoms. The number of aromatic nitrogens is 4. The molecule has 7 heteroatoms. The molecular weight excluding hydrogens is 226 g/mol. The van der Waals surface area contributed by atoms with Crippen LogP contribution in [0.1, 0.15) is 20.8 Å². The van der Waals surface area contributed by atoms with Crippen molar-refractivity contribution in [2.75, 3.05) is 6.61 Å². The van der Waals surface area contributed by atoms with Gasteiger partial charge in [-0.25, -0.2) is 4.68 Å². The minimum atomic E-state index is -0.126. The van der Waals surface area contributed by atoms with E-state index in [4.69, 9.17) is 5.73 Å². The van der Waals surface area contributed by atoms with Crippen molar-refractivity contribution < 1.29 is 5.11 Å². The van der Waals surface area contributed by atoms with Crippen LogP contribution in [-0.2, 0) is 7.05 Å². The summed E-state index contributed by atoms with van der Waals surface area (Å²) in [5.74, 6) is 0. The average molecular weight is 245 g/mol. The largest absolute Gasteiger partial charge is 0.395 e. The maximum atomic E-state index is 9.37. The molecule has 0 saturated carbocycles. The maximum Gasteiger partial charge on any atom is 0.209 e. The highest BCUT2D eigenvalue weighted by molar-refractivity contribution is 7.99. The highest BCUT2D eigenvalue weighted by Gasteiger charge is 2.30. The number of hydrogen-bond acceptors (Lipinski definition) is 6. The van der Waals surface area contributed by atoms with Crippen molar-refractivity contribution in [2.45, 2.75) is 37.2 Å². The number of thioether (sulfide) groups is 1. The third-order valence-electron chi connectivity index (χ3n) is 2.42. The zero-order chi connectivity index (χ0) is 12.3. The lowest BCUT2D eigenvalue weighted by atomic mass is 9.85. The Morgan fingerprint density at radius 1 is 1.50 bits per heavy atom. The van der Waals surface area contributed by atoms with Crippen LogP contribution in [0.2, 0.25) is 0 Å². The Hall–Kier alpha value is -0.660. The third kappa shape index (κ3) is 3.16. The normalized spacial score (nSPS) is 16.1. The number of tetrazole rings is 1. The Kier molecular flexibility index (Phi) is 4.28. The van der Waals surface area contributed by atoms with Crippen molar-refractivity contribution in [2.24, 2.45) is 18.2 Å². The second-order valence-electron chi connectivity index (χ2n) is 4.82. The van der Waals surface area contributed by atoms with E-state index in [-0.39, 0.29) is 23.3 Å². The summed E-state index contributed by atoms with van der Waals surface area (Å²) >= 11 is 1.41. The molecule has 0 fully saturated rings. The predicted octanol–water partition coefficient (Wildman–Crippen LogP) is 0.0365. The zero-order valence-corrected chi connectivity index (χ0v) is 10.9. The topological polar surface area (TPSA) is 89.8 Å². The van der Waals surface area contributed by atoms with E-state index in [1.54, 1.807) is 11.7 Å². The van der Waals surface area contributed by atoms with Gasteiger partial charge in [0.1, 0.15) is 0 Å². The molecule has 1 heterocycles. The lowest BCUT2D eigenvalue weighted by Gasteiger charge is -2.32. The molecule has 0 radical (unpaired) electrons. The fraction of sp³-hybridized carbons (Fsp3) is 0.889. The summed E-state index contributed by atoms with van der Waals surface area (Å²) in [5.41, 5.74) is 6.05. The van der Waals surface area contributed by atoms with Crippen molar-refractivity contribution in [1.29, 1.82) is 0 Å². The standard InChI is InChI=1S/C9H19N5OS/c1-9(2,3)7(10)6(5-15)16-8-11-12-13-14(8)4/h6-7,15H,5,10H2,1-4H3. The lowest BCUT2D eigenvalue weighted by Crippen LogP contribution is -2.45. The minimum absolute atomic E-state index is 0.00988. The summed E-state index contributed by atoms with van der Waals surface area (Å²) in [7, 11) is 1.76. The minimum Gasteiger partial charge on any atom is -0.395 e. The van der Waals surface area contributed by atoms with Gasteiger partial charge in [-0.05, 0) is 15.8 Å². The van der Waals surface area contributed by atoms with Crippen LogP contribution in [0.4, 0.5) is 0 Å². The molecule has 3 N–H and O–H groups in total. The number of nitrogens with zero attached hydrogens (tertiary/aromatic N) is 4. The summed E-state index contributed by atoms with van der Waals surface area (Å²) in [5, 5.41) is 21.1. The third-order valence-corrected chi connectivity index (χ3v) is 3.72. The lowest BCUT2D eigenvalue weighted by molar-refractivity contribution is 0.233. The molecule has 0 aliphatic rings. The molecule has 1 aromatic rings. The van der Waals surface area contributed by atoms with Gasteiger partial charge in [0.05, 0.1) is 11.9 Å². The fourth-order valence-corrected chi connectivity index (χ4v) is 2.41. The fourth-order valence-electron chi connectivity index (χ4n) is 1.24. The number of rotatable bonds is 4. The van der Waals surface area contributed by atoms with Gasteiger partial charge >= 0.3 is 0 Å². The van der Waals surface area contributed by atoms with Crippen LogP contribution in [0, 0.1) is 5.41 Å². The molecular formula is C9H19N5OS. The molecule has 0 bridgehead atoms. The highest BCUT2D eigenvalue weighted by Crippen LogP contribution is 2.29. The van der Waals surface area contributed by atoms with E-state index >= 15 is 0 Å². The SMILES string of the molecule is Cn1nnnc1SC(CO)C(N)C(C)(C)C. The van der Waals surface area contributed by atoms with Gasteiger partial charge in [0.25, 0.3) is 0 Å². The number of aliphatic hydroxyl groups excluding tert-OH is 1. The van der Waals surface area contributed by atoms with Crippen molar-refractivity contribution in [1.82, 2.24) is 20.2 Å². The molecule has 0 amide bonds. The first-order chi connectivity index (χ1) is 7.36. The first kappa shape index (κ1) is 13.4. The van der Waals surface area contributed by atoms with Gasteiger partial charge in [-0.15, -0.1) is 5.10 Å². The summed E-state index contributed by atoms with van der Waals surface area (Å²) < 4.78 is 1.57. The van der Waals surface area contributed by atoms with Crippen LogP contribution < -0.4 is 5.73 Å². The van der Waals surface area contributed by atoms with E-state index in [1.165, 1.54) is 11.8 Å². The van der Waals surface area contributed by atoms with Gasteiger partial charge in [0.15, 0.2) is 0 Å². The highest BCUT2D eigenvalue weighted by atomic mass is 32.2. The van der Waals surface area contributed by atoms with Gasteiger partial charge in [0.2, 0.25) is 5.16 Å². The van der Waals surface area contributed by atoms with Crippen LogP contribution in [0.5, 0.6) is 0 Å². The molecule has 0 aliphatic heterocycles. The van der Waals surface area contributed by atoms with E-state index in [0.717, 1.165) is 0 Å². The van der Waals surface area contributed by atoms with Crippen LogP contribution in [-0.4, -0.2) is 43.2 Å². The molecule has 0 aliphatic carbocycles. The number of nitrogens with two attached hydrogens (primary N) is 1. The smallest absolute Gasteiger partial charge is 0.209 e. The van der Waals surface area contributed by atoms with Crippen molar-refractivity contribution in [3.8, 4) is 0 Å². The second kappa shape index (κ2) is 5.11. The Morgan fingerprint density at radius 2 is 2.12 bits per heavy atom. The van der Waals surface area contributed by atoms with Crippen LogP contribution in [0.25, 0.3) is 0 Å². The summed E-state index contributed by atoms with van der Waals surface area (Å²) in [4.78, 5) is 0. The van der Waals surface area contributed by atoms with Gasteiger partial charge < -0.3 is 10.8 Å². The van der Waals surface area contributed by atoms with E-state index in [9.17, 15) is 5.11 Å². The Balaban J connectivity index is 2.73. The monoisotopic (exact) mass is 245 g/mol. The summed E-state index contributed by atoms with van der Waals surface area (Å²) in [6, 6.07) is -0.126. The van der Waals surface area contributed by atoms with Crippen LogP contribution in [0.3, 0.4) is 0 Å². The molecule has 6 nitrogen and oxygen atoms in total. The molecule has 92 valence electrons. The average Bonchev–Trinajstić information content (AvgIpc) is 2.58. The summed E-state index contributed by atoms with van der Waals surface area (Å²) in [6.07, 6.45) is 0. The molecule has 1 aromatic heterocycles. The quantitative estimate of drug-likeness (QED) is 0.728. The first-order valence-electron chi connectivity index (χ1n) is 5.11. The van der Waals surface area contributed by atoms with Crippen LogP contribution in [0.15, 0.2) is 5.16 Å². The molecule has 1 rings (SSSR count). The molecule has 2 atom stereocenters. The van der Waals surface area contributed by atoms with E-state index in [0.29, 0.717) is 5.16 Å². The Labute approximate surface area is 99.6 Å². The molecule has 2 unspecified atom stereocenters. The van der Waals surface area contributed by atoms with E-state index in [2.05, 4.69) is 36.3 Å². The van der Waals surface area contributed by atoms with Gasteiger partial charge in [0, 0.05) is 13.1 Å². The van der Waals surface area contributed by atoms with Crippen molar-refractivity contribution in [3.63, 3.8) is 0 Å². The van der Waals surface area contributed by atoms with Crippen LogP contribution >= 0.6 is 11.8 Å². The van der Waals surface area contributed by atoms with Gasteiger partial charge in [-0.3, -0.25) is 0 Å². The first-order valence-corrected chi connectivity index (χ1v) is 5.99. The van der Waals surface area contributed by atoms with Gasteiger partial charge in [-0.2, -0.15) is 0 Å². The zero-order valence-electron chi connectivity index (χ0n) is 10.1. The maximum absolute atomic E-state index is 9.37. The Bertz CT molecular complexity index is 335. The van der Waals surface area contributed by atoms with E-state index in [1.807, 2.05) is 0 Å². The van der Waals surface area contributed by atoms with Crippen molar-refractivity contribution >= 4 is 11.8 Å². The summed E-state index contributed by atoms with van der Waals surface area (Å²) in [6.45, 7) is 6.16. The van der Waals surface area contributed by atoms with Gasteiger partial charge in [-0.1, -0.05) is 32.5 Å². The number of aliphatic hydroxyl groups is 1.